The molecular formula is C17H16N4O2. The highest BCUT2D eigenvalue weighted by molar-refractivity contribution is 6.04. The minimum absolute atomic E-state index is 0.0899. The number of aromatic nitrogens is 3. The Morgan fingerprint density at radius 1 is 1.22 bits per heavy atom. The summed E-state index contributed by atoms with van der Waals surface area (Å²) in [6, 6.07) is 10.9. The Morgan fingerprint density at radius 2 is 2.04 bits per heavy atom. The van der Waals surface area contributed by atoms with Crippen molar-refractivity contribution in [3.8, 4) is 17.1 Å². The Morgan fingerprint density at radius 3 is 2.78 bits per heavy atom. The molecule has 0 saturated carbocycles. The highest BCUT2D eigenvalue weighted by Gasteiger charge is 2.17. The monoisotopic (exact) mass is 308 g/mol. The molecule has 0 bridgehead atoms. The van der Waals surface area contributed by atoms with Gasteiger partial charge in [-0.1, -0.05) is 23.8 Å². The molecule has 1 aromatic carbocycles. The maximum absolute atomic E-state index is 12.4. The molecular weight excluding hydrogens is 292 g/mol. The van der Waals surface area contributed by atoms with Crippen LogP contribution in [0.1, 0.15) is 21.7 Å². The fourth-order valence-corrected chi connectivity index (χ4v) is 2.27. The Labute approximate surface area is 133 Å². The van der Waals surface area contributed by atoms with Crippen LogP contribution in [0, 0.1) is 13.8 Å². The first-order chi connectivity index (χ1) is 11.0. The van der Waals surface area contributed by atoms with Crippen molar-refractivity contribution in [3.63, 3.8) is 0 Å². The van der Waals surface area contributed by atoms with Crippen LogP contribution in [0.4, 0.5) is 5.82 Å². The third-order valence-corrected chi connectivity index (χ3v) is 3.41. The van der Waals surface area contributed by atoms with Gasteiger partial charge in [-0.25, -0.2) is 9.97 Å². The van der Waals surface area contributed by atoms with E-state index in [1.165, 1.54) is 12.3 Å². The summed E-state index contributed by atoms with van der Waals surface area (Å²) >= 11 is 0. The van der Waals surface area contributed by atoms with Gasteiger partial charge in [0.15, 0.2) is 11.6 Å². The highest BCUT2D eigenvalue weighted by Crippen LogP contribution is 2.22. The van der Waals surface area contributed by atoms with E-state index in [1.54, 1.807) is 13.0 Å². The van der Waals surface area contributed by atoms with E-state index in [4.69, 9.17) is 0 Å². The number of anilines is 1. The quantitative estimate of drug-likeness (QED) is 0.693. The molecule has 3 N–H and O–H groups in total. The molecule has 2 heterocycles. The fourth-order valence-electron chi connectivity index (χ4n) is 2.27. The van der Waals surface area contributed by atoms with Crippen molar-refractivity contribution >= 4 is 11.7 Å². The zero-order chi connectivity index (χ0) is 16.4. The molecule has 0 fully saturated rings. The van der Waals surface area contributed by atoms with E-state index >= 15 is 0 Å². The average molecular weight is 308 g/mol. The molecule has 0 aliphatic heterocycles. The Kier molecular flexibility index (Phi) is 3.80. The number of carbonyl (C=O) groups excluding carboxylic acids is 1. The predicted octanol–water partition coefficient (Wildman–Crippen LogP) is 3.05. The van der Waals surface area contributed by atoms with Gasteiger partial charge < -0.3 is 15.4 Å². The minimum atomic E-state index is -0.424. The number of H-pyrrole nitrogens is 1. The van der Waals surface area contributed by atoms with Crippen molar-refractivity contribution in [3.05, 3.63) is 59.5 Å². The van der Waals surface area contributed by atoms with Gasteiger partial charge in [-0.05, 0) is 32.0 Å². The largest absolute Gasteiger partial charge is 0.504 e. The number of aromatic amines is 1. The number of nitrogens with one attached hydrogen (secondary N) is 2. The summed E-state index contributed by atoms with van der Waals surface area (Å²) in [5, 5.41) is 12.2. The molecule has 6 nitrogen and oxygen atoms in total. The van der Waals surface area contributed by atoms with Gasteiger partial charge in [-0.2, -0.15) is 0 Å². The number of amides is 1. The summed E-state index contributed by atoms with van der Waals surface area (Å²) < 4.78 is 0. The van der Waals surface area contributed by atoms with E-state index < -0.39 is 5.91 Å². The van der Waals surface area contributed by atoms with Crippen LogP contribution < -0.4 is 5.32 Å². The van der Waals surface area contributed by atoms with Crippen molar-refractivity contribution in [2.24, 2.45) is 0 Å². The number of aryl methyl sites for hydroxylation is 2. The molecule has 3 rings (SSSR count). The van der Waals surface area contributed by atoms with Crippen molar-refractivity contribution in [1.82, 2.24) is 15.0 Å². The SMILES string of the molecule is Cc1cccc(-c2nc(C(=O)Nc3ncccc3O)c(C)[nH]2)c1. The first-order valence-corrected chi connectivity index (χ1v) is 7.13. The topological polar surface area (TPSA) is 90.9 Å². The molecule has 0 unspecified atom stereocenters. The van der Waals surface area contributed by atoms with E-state index in [2.05, 4.69) is 20.3 Å². The van der Waals surface area contributed by atoms with E-state index in [9.17, 15) is 9.90 Å². The number of benzene rings is 1. The molecule has 2 aromatic heterocycles. The average Bonchev–Trinajstić information content (AvgIpc) is 2.92. The number of aromatic hydroxyl groups is 1. The molecule has 3 aromatic rings. The summed E-state index contributed by atoms with van der Waals surface area (Å²) in [5.74, 6) is 0.221. The zero-order valence-corrected chi connectivity index (χ0v) is 12.8. The van der Waals surface area contributed by atoms with Crippen LogP contribution in [0.15, 0.2) is 42.6 Å². The predicted molar refractivity (Wildman–Crippen MR) is 87.4 cm³/mol. The Bertz CT molecular complexity index is 871. The minimum Gasteiger partial charge on any atom is -0.504 e. The van der Waals surface area contributed by atoms with Crippen LogP contribution >= 0.6 is 0 Å². The van der Waals surface area contributed by atoms with Crippen molar-refractivity contribution < 1.29 is 9.90 Å². The standard InChI is InChI=1S/C17H16N4O2/c1-10-5-3-6-12(9-10)15-19-11(2)14(20-15)17(23)21-16-13(22)7-4-8-18-16/h3-9,22H,1-2H3,(H,19,20)(H,18,21,23). The van der Waals surface area contributed by atoms with E-state index in [-0.39, 0.29) is 17.3 Å². The van der Waals surface area contributed by atoms with Crippen LogP contribution in [0.3, 0.4) is 0 Å². The van der Waals surface area contributed by atoms with Gasteiger partial charge in [0.25, 0.3) is 5.91 Å². The molecule has 0 saturated heterocycles. The van der Waals surface area contributed by atoms with Crippen LogP contribution in [-0.4, -0.2) is 26.0 Å². The summed E-state index contributed by atoms with van der Waals surface area (Å²) in [6.45, 7) is 3.77. The maximum Gasteiger partial charge on any atom is 0.277 e. The van der Waals surface area contributed by atoms with Gasteiger partial charge in [-0.15, -0.1) is 0 Å². The van der Waals surface area contributed by atoms with Gasteiger partial charge in [0.2, 0.25) is 0 Å². The number of nitrogens with zero attached hydrogens (tertiary/aromatic N) is 2. The van der Waals surface area contributed by atoms with Gasteiger partial charge in [-0.3, -0.25) is 4.79 Å². The molecule has 1 amide bonds. The zero-order valence-electron chi connectivity index (χ0n) is 12.8. The first-order valence-electron chi connectivity index (χ1n) is 7.13. The number of hydrogen-bond acceptors (Lipinski definition) is 4. The highest BCUT2D eigenvalue weighted by atomic mass is 16.3. The van der Waals surface area contributed by atoms with Gasteiger partial charge in [0.05, 0.1) is 0 Å². The lowest BCUT2D eigenvalue weighted by Gasteiger charge is -2.04. The second-order valence-electron chi connectivity index (χ2n) is 5.25. The lowest BCUT2D eigenvalue weighted by Crippen LogP contribution is -2.14. The number of carbonyl (C=O) groups is 1. The van der Waals surface area contributed by atoms with Crippen molar-refractivity contribution in [2.45, 2.75) is 13.8 Å². The molecule has 0 radical (unpaired) electrons. The van der Waals surface area contributed by atoms with Crippen LogP contribution in [0.2, 0.25) is 0 Å². The van der Waals surface area contributed by atoms with Gasteiger partial charge >= 0.3 is 0 Å². The lowest BCUT2D eigenvalue weighted by molar-refractivity contribution is 0.102. The smallest absolute Gasteiger partial charge is 0.277 e. The van der Waals surface area contributed by atoms with E-state index in [0.29, 0.717) is 11.5 Å². The number of hydrogen-bond donors (Lipinski definition) is 3. The number of imidazole rings is 1. The van der Waals surface area contributed by atoms with E-state index in [1.807, 2.05) is 31.2 Å². The number of rotatable bonds is 3. The summed E-state index contributed by atoms with van der Waals surface area (Å²) in [4.78, 5) is 23.8. The molecule has 116 valence electrons. The Balaban J connectivity index is 1.89. The third-order valence-electron chi connectivity index (χ3n) is 3.41. The number of pyridine rings is 1. The Hall–Kier alpha value is -3.15. The van der Waals surface area contributed by atoms with E-state index in [0.717, 1.165) is 11.1 Å². The van der Waals surface area contributed by atoms with Crippen LogP contribution in [-0.2, 0) is 0 Å². The second-order valence-corrected chi connectivity index (χ2v) is 5.25. The summed E-state index contributed by atoms with van der Waals surface area (Å²) in [5.41, 5.74) is 2.94. The van der Waals surface area contributed by atoms with Crippen LogP contribution in [0.5, 0.6) is 5.75 Å². The first kappa shape index (κ1) is 14.8. The van der Waals surface area contributed by atoms with Gasteiger partial charge in [0.1, 0.15) is 11.5 Å². The summed E-state index contributed by atoms with van der Waals surface area (Å²) in [6.07, 6.45) is 1.49. The normalized spacial score (nSPS) is 10.5. The van der Waals surface area contributed by atoms with Crippen molar-refractivity contribution in [2.75, 3.05) is 5.32 Å². The second kappa shape index (κ2) is 5.92. The molecule has 23 heavy (non-hydrogen) atoms. The molecule has 0 atom stereocenters. The maximum atomic E-state index is 12.4. The molecule has 0 aliphatic carbocycles. The fraction of sp³-hybridized carbons (Fsp3) is 0.118. The third kappa shape index (κ3) is 3.06. The molecule has 0 spiro atoms. The summed E-state index contributed by atoms with van der Waals surface area (Å²) in [7, 11) is 0. The lowest BCUT2D eigenvalue weighted by atomic mass is 10.1. The van der Waals surface area contributed by atoms with Crippen molar-refractivity contribution in [1.29, 1.82) is 0 Å². The molecule has 6 heteroatoms. The molecule has 0 aliphatic rings. The van der Waals surface area contributed by atoms with Gasteiger partial charge in [0, 0.05) is 17.5 Å². The van der Waals surface area contributed by atoms with Crippen LogP contribution in [0.25, 0.3) is 11.4 Å².